The first-order valence-electron chi connectivity index (χ1n) is 6.62. The molecule has 0 saturated heterocycles. The quantitative estimate of drug-likeness (QED) is 0.697. The van der Waals surface area contributed by atoms with Crippen LogP contribution in [0.4, 0.5) is 0 Å². The van der Waals surface area contributed by atoms with Crippen LogP contribution in [0, 0.1) is 6.92 Å². The maximum Gasteiger partial charge on any atom is 0.299 e. The maximum absolute atomic E-state index is 12.2. The highest BCUT2D eigenvalue weighted by molar-refractivity contribution is 7.90. The van der Waals surface area contributed by atoms with Crippen molar-refractivity contribution in [1.82, 2.24) is 9.97 Å². The molecule has 6 heteroatoms. The molecule has 3 aromatic rings. The summed E-state index contributed by atoms with van der Waals surface area (Å²) in [7, 11) is -3.81. The minimum atomic E-state index is -3.81. The molecular formula is C16H13N3O2S. The average Bonchev–Trinajstić information content (AvgIpc) is 2.53. The molecule has 110 valence electrons. The second-order valence-electron chi connectivity index (χ2n) is 4.83. The summed E-state index contributed by atoms with van der Waals surface area (Å²) in [5, 5.41) is 1.76. The molecule has 0 spiro atoms. The molecule has 1 aromatic carbocycles. The Bertz CT molecular complexity index is 943. The van der Waals surface area contributed by atoms with E-state index in [0.717, 1.165) is 16.3 Å². The van der Waals surface area contributed by atoms with Crippen molar-refractivity contribution in [1.29, 1.82) is 0 Å². The van der Waals surface area contributed by atoms with E-state index in [-0.39, 0.29) is 5.03 Å². The molecule has 2 heterocycles. The molecule has 2 aromatic heterocycles. The van der Waals surface area contributed by atoms with Crippen molar-refractivity contribution in [2.24, 2.45) is 4.40 Å². The van der Waals surface area contributed by atoms with Crippen LogP contribution < -0.4 is 0 Å². The predicted octanol–water partition coefficient (Wildman–Crippen LogP) is 2.75. The van der Waals surface area contributed by atoms with Crippen LogP contribution in [0.1, 0.15) is 11.1 Å². The molecule has 0 fully saturated rings. The molecule has 0 radical (unpaired) electrons. The van der Waals surface area contributed by atoms with Gasteiger partial charge in [0.25, 0.3) is 10.0 Å². The second kappa shape index (κ2) is 5.65. The SMILES string of the molecule is Cc1ccc(S(=O)(=O)N=Cc2cncc3ccccc23)nc1. The highest BCUT2D eigenvalue weighted by atomic mass is 32.2. The third kappa shape index (κ3) is 2.87. The van der Waals surface area contributed by atoms with Crippen molar-refractivity contribution >= 4 is 27.0 Å². The van der Waals surface area contributed by atoms with Gasteiger partial charge in [-0.05, 0) is 23.9 Å². The van der Waals surface area contributed by atoms with E-state index in [1.54, 1.807) is 18.5 Å². The molecule has 0 bridgehead atoms. The van der Waals surface area contributed by atoms with Crippen molar-refractivity contribution in [3.05, 3.63) is 66.1 Å². The summed E-state index contributed by atoms with van der Waals surface area (Å²) in [6, 6.07) is 10.7. The Labute approximate surface area is 128 Å². The van der Waals surface area contributed by atoms with E-state index in [2.05, 4.69) is 14.4 Å². The molecule has 22 heavy (non-hydrogen) atoms. The molecule has 0 unspecified atom stereocenters. The summed E-state index contributed by atoms with van der Waals surface area (Å²) in [4.78, 5) is 8.00. The molecule has 5 nitrogen and oxygen atoms in total. The Morgan fingerprint density at radius 1 is 1.05 bits per heavy atom. The van der Waals surface area contributed by atoms with Gasteiger partial charge in [-0.2, -0.15) is 12.8 Å². The van der Waals surface area contributed by atoms with Gasteiger partial charge < -0.3 is 0 Å². The van der Waals surface area contributed by atoms with Gasteiger partial charge in [-0.25, -0.2) is 4.98 Å². The summed E-state index contributed by atoms with van der Waals surface area (Å²) >= 11 is 0. The normalized spacial score (nSPS) is 12.0. The lowest BCUT2D eigenvalue weighted by Gasteiger charge is -2.01. The van der Waals surface area contributed by atoms with Crippen LogP contribution in [0.5, 0.6) is 0 Å². The number of nitrogens with zero attached hydrogens (tertiary/aromatic N) is 3. The van der Waals surface area contributed by atoms with Gasteiger partial charge in [0.15, 0.2) is 5.03 Å². The van der Waals surface area contributed by atoms with Crippen LogP contribution in [0.15, 0.2) is 64.4 Å². The zero-order valence-corrected chi connectivity index (χ0v) is 12.7. The molecule has 0 saturated carbocycles. The smallest absolute Gasteiger partial charge is 0.263 e. The molecule has 0 aliphatic heterocycles. The number of pyridine rings is 2. The molecule has 3 rings (SSSR count). The number of hydrogen-bond donors (Lipinski definition) is 0. The summed E-state index contributed by atoms with van der Waals surface area (Å²) in [5.74, 6) is 0. The van der Waals surface area contributed by atoms with Crippen molar-refractivity contribution in [3.63, 3.8) is 0 Å². The largest absolute Gasteiger partial charge is 0.299 e. The van der Waals surface area contributed by atoms with E-state index in [0.29, 0.717) is 5.56 Å². The van der Waals surface area contributed by atoms with E-state index < -0.39 is 10.0 Å². The molecule has 0 aliphatic carbocycles. The fraction of sp³-hybridized carbons (Fsp3) is 0.0625. The van der Waals surface area contributed by atoms with Crippen LogP contribution >= 0.6 is 0 Å². The molecular weight excluding hydrogens is 298 g/mol. The Hall–Kier alpha value is -2.60. The fourth-order valence-corrected chi connectivity index (χ4v) is 2.82. The summed E-state index contributed by atoms with van der Waals surface area (Å²) < 4.78 is 28.1. The summed E-state index contributed by atoms with van der Waals surface area (Å²) in [6.45, 7) is 1.84. The number of benzene rings is 1. The fourth-order valence-electron chi connectivity index (χ4n) is 2.03. The van der Waals surface area contributed by atoms with E-state index in [4.69, 9.17) is 0 Å². The van der Waals surface area contributed by atoms with Crippen LogP contribution in [0.2, 0.25) is 0 Å². The van der Waals surface area contributed by atoms with Crippen LogP contribution in [-0.2, 0) is 10.0 Å². The van der Waals surface area contributed by atoms with Gasteiger partial charge in [0.1, 0.15) is 0 Å². The minimum Gasteiger partial charge on any atom is -0.263 e. The van der Waals surface area contributed by atoms with E-state index in [9.17, 15) is 8.42 Å². The van der Waals surface area contributed by atoms with E-state index in [1.807, 2.05) is 31.2 Å². The number of rotatable bonds is 3. The number of fused-ring (bicyclic) bond motifs is 1. The van der Waals surface area contributed by atoms with E-state index >= 15 is 0 Å². The first-order valence-corrected chi connectivity index (χ1v) is 8.06. The van der Waals surface area contributed by atoms with Gasteiger partial charge in [-0.3, -0.25) is 4.98 Å². The van der Waals surface area contributed by atoms with Gasteiger partial charge in [-0.1, -0.05) is 30.3 Å². The minimum absolute atomic E-state index is 0.0671. The topological polar surface area (TPSA) is 72.3 Å². The van der Waals surface area contributed by atoms with E-state index in [1.165, 1.54) is 18.5 Å². The number of hydrogen-bond acceptors (Lipinski definition) is 4. The molecule has 0 atom stereocenters. The van der Waals surface area contributed by atoms with Gasteiger partial charge in [-0.15, -0.1) is 0 Å². The first kappa shape index (κ1) is 14.3. The van der Waals surface area contributed by atoms with Crippen LogP contribution in [-0.4, -0.2) is 24.6 Å². The number of aromatic nitrogens is 2. The first-order chi connectivity index (χ1) is 10.6. The highest BCUT2D eigenvalue weighted by Gasteiger charge is 2.13. The third-order valence-corrected chi connectivity index (χ3v) is 4.33. The standard InChI is InChI=1S/C16H13N3O2S/c1-12-6-7-16(18-8-12)22(20,21)19-11-14-10-17-9-13-4-2-3-5-15(13)14/h2-11H,1H3. The van der Waals surface area contributed by atoms with Gasteiger partial charge in [0.05, 0.1) is 0 Å². The Morgan fingerprint density at radius 2 is 1.86 bits per heavy atom. The summed E-state index contributed by atoms with van der Waals surface area (Å²) in [5.41, 5.74) is 1.54. The number of sulfonamides is 1. The lowest BCUT2D eigenvalue weighted by molar-refractivity contribution is 0.594. The molecule has 0 N–H and O–H groups in total. The van der Waals surface area contributed by atoms with Crippen molar-refractivity contribution in [2.75, 3.05) is 0 Å². The molecule has 0 amide bonds. The third-order valence-electron chi connectivity index (χ3n) is 3.18. The lowest BCUT2D eigenvalue weighted by atomic mass is 10.1. The van der Waals surface area contributed by atoms with Crippen molar-refractivity contribution < 1.29 is 8.42 Å². The Morgan fingerprint density at radius 3 is 2.64 bits per heavy atom. The zero-order chi connectivity index (χ0) is 15.6. The average molecular weight is 311 g/mol. The van der Waals surface area contributed by atoms with Gasteiger partial charge in [0, 0.05) is 35.8 Å². The lowest BCUT2D eigenvalue weighted by Crippen LogP contribution is -2.01. The van der Waals surface area contributed by atoms with Crippen LogP contribution in [0.25, 0.3) is 10.8 Å². The predicted molar refractivity (Wildman–Crippen MR) is 85.5 cm³/mol. The van der Waals surface area contributed by atoms with Crippen molar-refractivity contribution in [3.8, 4) is 0 Å². The zero-order valence-electron chi connectivity index (χ0n) is 11.8. The van der Waals surface area contributed by atoms with Crippen molar-refractivity contribution in [2.45, 2.75) is 11.9 Å². The van der Waals surface area contributed by atoms with Gasteiger partial charge >= 0.3 is 0 Å². The van der Waals surface area contributed by atoms with Crippen LogP contribution in [0.3, 0.4) is 0 Å². The Balaban J connectivity index is 2.00. The molecule has 0 aliphatic rings. The Kier molecular flexibility index (Phi) is 3.68. The van der Waals surface area contributed by atoms with Gasteiger partial charge in [0.2, 0.25) is 0 Å². The monoisotopic (exact) mass is 311 g/mol. The summed E-state index contributed by atoms with van der Waals surface area (Å²) in [6.07, 6.45) is 6.13. The number of aryl methyl sites for hydroxylation is 1. The maximum atomic E-state index is 12.2. The highest BCUT2D eigenvalue weighted by Crippen LogP contribution is 2.16. The second-order valence-corrected chi connectivity index (χ2v) is 6.41.